The molecule has 2 aromatic carbocycles. The molecule has 0 spiro atoms. The van der Waals surface area contributed by atoms with Crippen LogP contribution in [-0.2, 0) is 10.0 Å². The van der Waals surface area contributed by atoms with Crippen molar-refractivity contribution in [1.82, 2.24) is 9.97 Å². The Labute approximate surface area is 168 Å². The van der Waals surface area contributed by atoms with Crippen LogP contribution in [-0.4, -0.2) is 18.4 Å². The molecular formula is C21H19N3O2S2. The summed E-state index contributed by atoms with van der Waals surface area (Å²) in [5.41, 5.74) is 4.83. The van der Waals surface area contributed by atoms with Gasteiger partial charge in [-0.1, -0.05) is 41.2 Å². The summed E-state index contributed by atoms with van der Waals surface area (Å²) in [7, 11) is -3.69. The summed E-state index contributed by atoms with van der Waals surface area (Å²) in [5, 5.41) is 0.806. The molecule has 4 rings (SSSR count). The molecule has 0 amide bonds. The summed E-state index contributed by atoms with van der Waals surface area (Å²) in [6, 6.07) is 14.8. The fraction of sp³-hybridized carbons (Fsp3) is 0.143. The topological polar surface area (TPSA) is 72.0 Å². The Morgan fingerprint density at radius 2 is 1.79 bits per heavy atom. The molecule has 0 aliphatic carbocycles. The van der Waals surface area contributed by atoms with Gasteiger partial charge in [-0.15, -0.1) is 0 Å². The first kappa shape index (κ1) is 18.6. The van der Waals surface area contributed by atoms with Crippen molar-refractivity contribution in [1.29, 1.82) is 0 Å². The number of anilines is 1. The second kappa shape index (κ2) is 7.00. The lowest BCUT2D eigenvalue weighted by Crippen LogP contribution is -2.15. The molecule has 0 saturated heterocycles. The van der Waals surface area contributed by atoms with Gasteiger partial charge in [-0.05, 0) is 56.2 Å². The average molecular weight is 410 g/mol. The van der Waals surface area contributed by atoms with Gasteiger partial charge >= 0.3 is 0 Å². The van der Waals surface area contributed by atoms with E-state index in [4.69, 9.17) is 0 Å². The molecule has 0 fully saturated rings. The largest absolute Gasteiger partial charge is 0.279 e. The van der Waals surface area contributed by atoms with Crippen molar-refractivity contribution < 1.29 is 8.42 Å². The van der Waals surface area contributed by atoms with Gasteiger partial charge < -0.3 is 0 Å². The quantitative estimate of drug-likeness (QED) is 0.510. The van der Waals surface area contributed by atoms with E-state index in [9.17, 15) is 8.42 Å². The molecule has 2 aromatic heterocycles. The number of thiazole rings is 1. The van der Waals surface area contributed by atoms with E-state index in [1.54, 1.807) is 25.3 Å². The molecule has 0 radical (unpaired) electrons. The first-order chi connectivity index (χ1) is 13.3. The van der Waals surface area contributed by atoms with E-state index >= 15 is 0 Å². The maximum absolute atomic E-state index is 12.9. The van der Waals surface area contributed by atoms with E-state index in [-0.39, 0.29) is 4.90 Å². The first-order valence-electron chi connectivity index (χ1n) is 8.76. The van der Waals surface area contributed by atoms with Crippen LogP contribution in [0.5, 0.6) is 0 Å². The summed E-state index contributed by atoms with van der Waals surface area (Å²) in [5.74, 6) is 0. The predicted molar refractivity (Wildman–Crippen MR) is 114 cm³/mol. The van der Waals surface area contributed by atoms with E-state index in [0.29, 0.717) is 5.69 Å². The van der Waals surface area contributed by atoms with Crippen LogP contribution in [0.4, 0.5) is 5.69 Å². The fourth-order valence-electron chi connectivity index (χ4n) is 3.06. The lowest BCUT2D eigenvalue weighted by atomic mass is 10.1. The number of hydrogen-bond acceptors (Lipinski definition) is 5. The molecule has 1 N–H and O–H groups in total. The van der Waals surface area contributed by atoms with Crippen LogP contribution in [0.2, 0.25) is 0 Å². The van der Waals surface area contributed by atoms with Crippen LogP contribution < -0.4 is 4.72 Å². The van der Waals surface area contributed by atoms with Gasteiger partial charge in [-0.2, -0.15) is 0 Å². The van der Waals surface area contributed by atoms with Crippen molar-refractivity contribution in [2.24, 2.45) is 0 Å². The van der Waals surface area contributed by atoms with Gasteiger partial charge in [0.15, 0.2) is 0 Å². The molecule has 0 aliphatic rings. The summed E-state index contributed by atoms with van der Waals surface area (Å²) in [4.78, 5) is 10.1. The SMILES string of the molecule is Cc1ccc(S(=O)(=O)Nc2cc(-c3nc4cccnc4s3)ccc2C)c(C)c1. The third-order valence-corrected chi connectivity index (χ3v) is 7.07. The smallest absolute Gasteiger partial charge is 0.262 e. The third-order valence-electron chi connectivity index (χ3n) is 4.52. The molecule has 142 valence electrons. The maximum Gasteiger partial charge on any atom is 0.262 e. The Hall–Kier alpha value is -2.77. The third kappa shape index (κ3) is 3.50. The average Bonchev–Trinajstić information content (AvgIpc) is 3.07. The van der Waals surface area contributed by atoms with Gasteiger partial charge in [0, 0.05) is 11.8 Å². The Morgan fingerprint density at radius 3 is 2.54 bits per heavy atom. The van der Waals surface area contributed by atoms with Crippen LogP contribution in [0, 0.1) is 20.8 Å². The minimum atomic E-state index is -3.69. The van der Waals surface area contributed by atoms with Crippen molar-refractivity contribution in [3.8, 4) is 10.6 Å². The molecule has 5 nitrogen and oxygen atoms in total. The fourth-order valence-corrected chi connectivity index (χ4v) is 5.31. The number of nitrogens with one attached hydrogen (secondary N) is 1. The van der Waals surface area contributed by atoms with E-state index < -0.39 is 10.0 Å². The Morgan fingerprint density at radius 1 is 0.964 bits per heavy atom. The second-order valence-electron chi connectivity index (χ2n) is 6.75. The van der Waals surface area contributed by atoms with Crippen molar-refractivity contribution in [2.75, 3.05) is 4.72 Å². The standard InChI is InChI=1S/C21H19N3O2S2/c1-13-6-9-19(15(3)11-13)28(25,26)24-18-12-16(8-7-14(18)2)20-23-17-5-4-10-22-21(17)27-20/h4-12,24H,1-3H3. The number of benzene rings is 2. The number of aryl methyl sites for hydroxylation is 3. The van der Waals surface area contributed by atoms with Crippen molar-refractivity contribution in [2.45, 2.75) is 25.7 Å². The van der Waals surface area contributed by atoms with Crippen LogP contribution in [0.3, 0.4) is 0 Å². The van der Waals surface area contributed by atoms with E-state index in [2.05, 4.69) is 14.7 Å². The highest BCUT2D eigenvalue weighted by molar-refractivity contribution is 7.92. The number of aromatic nitrogens is 2. The van der Waals surface area contributed by atoms with E-state index in [1.807, 2.05) is 50.2 Å². The first-order valence-corrected chi connectivity index (χ1v) is 11.1. The highest BCUT2D eigenvalue weighted by atomic mass is 32.2. The minimum Gasteiger partial charge on any atom is -0.279 e. The molecule has 28 heavy (non-hydrogen) atoms. The van der Waals surface area contributed by atoms with Gasteiger partial charge in [0.05, 0.1) is 10.6 Å². The monoisotopic (exact) mass is 409 g/mol. The normalized spacial score (nSPS) is 11.7. The highest BCUT2D eigenvalue weighted by Gasteiger charge is 2.18. The van der Waals surface area contributed by atoms with Crippen molar-refractivity contribution in [3.63, 3.8) is 0 Å². The molecule has 0 unspecified atom stereocenters. The maximum atomic E-state index is 12.9. The number of pyridine rings is 1. The molecule has 0 atom stereocenters. The molecule has 0 bridgehead atoms. The van der Waals surface area contributed by atoms with Crippen molar-refractivity contribution in [3.05, 3.63) is 71.4 Å². The van der Waals surface area contributed by atoms with Gasteiger partial charge in [-0.25, -0.2) is 18.4 Å². The van der Waals surface area contributed by atoms with Gasteiger partial charge in [-0.3, -0.25) is 4.72 Å². The van der Waals surface area contributed by atoms with Crippen molar-refractivity contribution >= 4 is 37.4 Å². The summed E-state index contributed by atoms with van der Waals surface area (Å²) < 4.78 is 28.6. The summed E-state index contributed by atoms with van der Waals surface area (Å²) in [6.07, 6.45) is 1.74. The molecule has 0 saturated carbocycles. The molecule has 4 aromatic rings. The lowest BCUT2D eigenvalue weighted by molar-refractivity contribution is 0.600. The van der Waals surface area contributed by atoms with Gasteiger partial charge in [0.1, 0.15) is 15.4 Å². The number of nitrogens with zero attached hydrogens (tertiary/aromatic N) is 2. The number of rotatable bonds is 4. The highest BCUT2D eigenvalue weighted by Crippen LogP contribution is 2.32. The van der Waals surface area contributed by atoms with E-state index in [0.717, 1.165) is 37.6 Å². The molecule has 2 heterocycles. The zero-order valence-corrected chi connectivity index (χ0v) is 17.4. The Bertz CT molecular complexity index is 1260. The van der Waals surface area contributed by atoms with E-state index in [1.165, 1.54) is 11.3 Å². The van der Waals surface area contributed by atoms with Crippen LogP contribution in [0.15, 0.2) is 59.6 Å². The Kier molecular flexibility index (Phi) is 4.64. The number of fused-ring (bicyclic) bond motifs is 1. The molecular weight excluding hydrogens is 390 g/mol. The number of hydrogen-bond donors (Lipinski definition) is 1. The second-order valence-corrected chi connectivity index (χ2v) is 9.38. The van der Waals surface area contributed by atoms with Crippen LogP contribution in [0.25, 0.3) is 20.9 Å². The predicted octanol–water partition coefficient (Wildman–Crippen LogP) is 5.08. The minimum absolute atomic E-state index is 0.284. The zero-order chi connectivity index (χ0) is 19.9. The summed E-state index contributed by atoms with van der Waals surface area (Å²) in [6.45, 7) is 5.62. The number of sulfonamides is 1. The molecule has 0 aliphatic heterocycles. The molecule has 7 heteroatoms. The van der Waals surface area contributed by atoms with Crippen LogP contribution >= 0.6 is 11.3 Å². The summed E-state index contributed by atoms with van der Waals surface area (Å²) >= 11 is 1.48. The van der Waals surface area contributed by atoms with Gasteiger partial charge in [0.25, 0.3) is 10.0 Å². The lowest BCUT2D eigenvalue weighted by Gasteiger charge is -2.13. The van der Waals surface area contributed by atoms with Crippen LogP contribution in [0.1, 0.15) is 16.7 Å². The Balaban J connectivity index is 1.73. The zero-order valence-electron chi connectivity index (χ0n) is 15.7. The van der Waals surface area contributed by atoms with Gasteiger partial charge in [0.2, 0.25) is 0 Å².